The molecule has 0 spiro atoms. The Hall–Kier alpha value is -2.31. The number of rotatable bonds is 8. The Bertz CT molecular complexity index is 988. The molecule has 0 atom stereocenters. The number of carbonyl (C=O) groups is 1. The highest BCUT2D eigenvalue weighted by molar-refractivity contribution is 7.99. The summed E-state index contributed by atoms with van der Waals surface area (Å²) in [5, 5.41) is 0.829. The van der Waals surface area contributed by atoms with Gasteiger partial charge in [0.15, 0.2) is 10.9 Å². The number of ether oxygens (including phenoxy) is 1. The van der Waals surface area contributed by atoms with E-state index in [-0.39, 0.29) is 5.78 Å². The first kappa shape index (κ1) is 20.4. The summed E-state index contributed by atoms with van der Waals surface area (Å²) in [6, 6.07) is 8.21. The molecule has 0 radical (unpaired) electrons. The Kier molecular flexibility index (Phi) is 6.42. The Morgan fingerprint density at radius 3 is 2.75 bits per heavy atom. The zero-order valence-corrected chi connectivity index (χ0v) is 18.0. The predicted octanol–water partition coefficient (Wildman–Crippen LogP) is 4.53. The maximum Gasteiger partial charge on any atom is 0.175 e. The van der Waals surface area contributed by atoms with Gasteiger partial charge in [-0.3, -0.25) is 9.36 Å². The first-order valence-corrected chi connectivity index (χ1v) is 10.3. The summed E-state index contributed by atoms with van der Waals surface area (Å²) in [6.07, 6.45) is 3.73. The summed E-state index contributed by atoms with van der Waals surface area (Å²) in [4.78, 5) is 17.3. The number of hydrogen-bond donors (Lipinski definition) is 0. The number of ketones is 1. The molecule has 2 aromatic heterocycles. The SMILES string of the molecule is COCCn1c(C)cc(C(=O)CSc2nccn2-c2cccc(C)c2C)c1C. The van der Waals surface area contributed by atoms with Crippen LogP contribution < -0.4 is 0 Å². The van der Waals surface area contributed by atoms with Crippen molar-refractivity contribution in [2.45, 2.75) is 39.4 Å². The lowest BCUT2D eigenvalue weighted by atomic mass is 10.1. The smallest absolute Gasteiger partial charge is 0.175 e. The predicted molar refractivity (Wildman–Crippen MR) is 114 cm³/mol. The van der Waals surface area contributed by atoms with E-state index in [1.165, 1.54) is 22.9 Å². The fourth-order valence-electron chi connectivity index (χ4n) is 3.39. The van der Waals surface area contributed by atoms with Crippen LogP contribution in [0.1, 0.15) is 32.9 Å². The summed E-state index contributed by atoms with van der Waals surface area (Å²) >= 11 is 1.48. The number of aromatic nitrogens is 3. The van der Waals surface area contributed by atoms with Crippen LogP contribution in [-0.2, 0) is 11.3 Å². The molecule has 148 valence electrons. The number of nitrogens with zero attached hydrogens (tertiary/aromatic N) is 3. The Morgan fingerprint density at radius 1 is 1.21 bits per heavy atom. The van der Waals surface area contributed by atoms with Crippen LogP contribution in [0.2, 0.25) is 0 Å². The molecule has 0 amide bonds. The van der Waals surface area contributed by atoms with E-state index < -0.39 is 0 Å². The van der Waals surface area contributed by atoms with Crippen molar-refractivity contribution in [1.82, 2.24) is 14.1 Å². The zero-order chi connectivity index (χ0) is 20.3. The van der Waals surface area contributed by atoms with Gasteiger partial charge in [-0.15, -0.1) is 0 Å². The molecule has 0 unspecified atom stereocenters. The van der Waals surface area contributed by atoms with Crippen LogP contribution in [0, 0.1) is 27.7 Å². The summed E-state index contributed by atoms with van der Waals surface area (Å²) < 4.78 is 9.37. The van der Waals surface area contributed by atoms with E-state index in [1.54, 1.807) is 13.3 Å². The van der Waals surface area contributed by atoms with Crippen molar-refractivity contribution in [1.29, 1.82) is 0 Å². The average Bonchev–Trinajstić information content (AvgIpc) is 3.25. The van der Waals surface area contributed by atoms with E-state index in [1.807, 2.05) is 32.2 Å². The van der Waals surface area contributed by atoms with Gasteiger partial charge in [-0.1, -0.05) is 23.9 Å². The van der Waals surface area contributed by atoms with E-state index in [0.717, 1.165) is 34.3 Å². The lowest BCUT2D eigenvalue weighted by molar-refractivity contribution is 0.102. The number of hydrogen-bond acceptors (Lipinski definition) is 4. The molecule has 0 aliphatic carbocycles. The van der Waals surface area contributed by atoms with Gasteiger partial charge >= 0.3 is 0 Å². The standard InChI is InChI=1S/C22H27N3O2S/c1-15-7-6-8-20(17(15)3)25-10-9-23-22(25)28-14-21(26)19-13-16(2)24(18(19)4)11-12-27-5/h6-10,13H,11-12,14H2,1-5H3. The number of imidazole rings is 1. The van der Waals surface area contributed by atoms with E-state index in [4.69, 9.17) is 4.74 Å². The molecule has 0 aliphatic rings. The third kappa shape index (κ3) is 4.08. The van der Waals surface area contributed by atoms with Crippen LogP contribution in [0.4, 0.5) is 0 Å². The second-order valence-electron chi connectivity index (χ2n) is 6.94. The molecule has 0 bridgehead atoms. The quantitative estimate of drug-likeness (QED) is 0.414. The van der Waals surface area contributed by atoms with E-state index in [9.17, 15) is 4.79 Å². The first-order valence-electron chi connectivity index (χ1n) is 9.35. The highest BCUT2D eigenvalue weighted by atomic mass is 32.2. The van der Waals surface area contributed by atoms with Gasteiger partial charge in [-0.05, 0) is 51.0 Å². The summed E-state index contributed by atoms with van der Waals surface area (Å²) in [5.41, 5.74) is 6.42. The molecule has 0 N–H and O–H groups in total. The minimum absolute atomic E-state index is 0.122. The van der Waals surface area contributed by atoms with E-state index in [0.29, 0.717) is 12.4 Å². The molecule has 0 saturated carbocycles. The Balaban J connectivity index is 1.77. The fraction of sp³-hybridized carbons (Fsp3) is 0.364. The number of carbonyl (C=O) groups excluding carboxylic acids is 1. The van der Waals surface area contributed by atoms with Crippen LogP contribution in [0.5, 0.6) is 0 Å². The Labute approximate surface area is 170 Å². The van der Waals surface area contributed by atoms with Crippen LogP contribution in [0.3, 0.4) is 0 Å². The summed E-state index contributed by atoms with van der Waals surface area (Å²) in [5.74, 6) is 0.480. The number of thioether (sulfide) groups is 1. The van der Waals surface area contributed by atoms with Crippen LogP contribution >= 0.6 is 11.8 Å². The second kappa shape index (κ2) is 8.80. The normalized spacial score (nSPS) is 11.2. The first-order chi connectivity index (χ1) is 13.4. The van der Waals surface area contributed by atoms with Gasteiger partial charge in [-0.25, -0.2) is 4.98 Å². The molecule has 3 rings (SSSR count). The molecule has 6 heteroatoms. The molecule has 0 saturated heterocycles. The number of Topliss-reactive ketones (excluding diaryl/α,β-unsaturated/α-hetero) is 1. The minimum Gasteiger partial charge on any atom is -0.383 e. The van der Waals surface area contributed by atoms with Crippen molar-refractivity contribution in [2.24, 2.45) is 0 Å². The maximum atomic E-state index is 12.9. The van der Waals surface area contributed by atoms with Crippen molar-refractivity contribution in [3.63, 3.8) is 0 Å². The third-order valence-corrected chi connectivity index (χ3v) is 6.13. The van der Waals surface area contributed by atoms with Crippen LogP contribution in [-0.4, -0.2) is 39.4 Å². The molecule has 0 fully saturated rings. The van der Waals surface area contributed by atoms with Gasteiger partial charge in [0.1, 0.15) is 0 Å². The van der Waals surface area contributed by atoms with Crippen molar-refractivity contribution in [3.05, 3.63) is 64.7 Å². The van der Waals surface area contributed by atoms with Crippen molar-refractivity contribution in [2.75, 3.05) is 19.5 Å². The molecule has 3 aromatic rings. The average molecular weight is 398 g/mol. The Morgan fingerprint density at radius 2 is 2.00 bits per heavy atom. The molecule has 2 heterocycles. The van der Waals surface area contributed by atoms with Crippen molar-refractivity contribution < 1.29 is 9.53 Å². The monoisotopic (exact) mass is 397 g/mol. The van der Waals surface area contributed by atoms with Gasteiger partial charge in [0, 0.05) is 43.0 Å². The van der Waals surface area contributed by atoms with Crippen molar-refractivity contribution >= 4 is 17.5 Å². The number of benzene rings is 1. The van der Waals surface area contributed by atoms with Crippen LogP contribution in [0.25, 0.3) is 5.69 Å². The molecule has 1 aromatic carbocycles. The highest BCUT2D eigenvalue weighted by Crippen LogP contribution is 2.26. The zero-order valence-electron chi connectivity index (χ0n) is 17.2. The third-order valence-electron chi connectivity index (χ3n) is 5.17. The maximum absolute atomic E-state index is 12.9. The molecule has 28 heavy (non-hydrogen) atoms. The van der Waals surface area contributed by atoms with Crippen LogP contribution in [0.15, 0.2) is 41.8 Å². The molecule has 0 aliphatic heterocycles. The van der Waals surface area contributed by atoms with E-state index in [2.05, 4.69) is 40.1 Å². The van der Waals surface area contributed by atoms with Gasteiger partial charge in [0.25, 0.3) is 0 Å². The van der Waals surface area contributed by atoms with Gasteiger partial charge in [-0.2, -0.15) is 0 Å². The molecular formula is C22H27N3O2S. The second-order valence-corrected chi connectivity index (χ2v) is 7.88. The molecule has 5 nitrogen and oxygen atoms in total. The van der Waals surface area contributed by atoms with Gasteiger partial charge in [0.05, 0.1) is 18.0 Å². The summed E-state index contributed by atoms with van der Waals surface area (Å²) in [7, 11) is 1.69. The summed E-state index contributed by atoms with van der Waals surface area (Å²) in [6.45, 7) is 9.62. The minimum atomic E-state index is 0.122. The number of aryl methyl sites for hydroxylation is 2. The number of methoxy groups -OCH3 is 1. The fourth-order valence-corrected chi connectivity index (χ4v) is 4.24. The lowest BCUT2D eigenvalue weighted by Gasteiger charge is -2.12. The topological polar surface area (TPSA) is 49.1 Å². The van der Waals surface area contributed by atoms with Gasteiger partial charge < -0.3 is 9.30 Å². The van der Waals surface area contributed by atoms with Gasteiger partial charge in [0.2, 0.25) is 0 Å². The molecular weight excluding hydrogens is 370 g/mol. The lowest BCUT2D eigenvalue weighted by Crippen LogP contribution is -2.10. The van der Waals surface area contributed by atoms with E-state index >= 15 is 0 Å². The largest absolute Gasteiger partial charge is 0.383 e. The van der Waals surface area contributed by atoms with Crippen molar-refractivity contribution in [3.8, 4) is 5.69 Å². The highest BCUT2D eigenvalue weighted by Gasteiger charge is 2.17.